The number of ether oxygens (including phenoxy) is 1. The smallest absolute Gasteiger partial charge is 0.188 e. The molecule has 8 heteroatoms. The van der Waals surface area contributed by atoms with Crippen LogP contribution in [0.1, 0.15) is 19.8 Å². The van der Waals surface area contributed by atoms with Crippen LogP contribution in [-0.2, 0) is 4.74 Å². The van der Waals surface area contributed by atoms with E-state index in [9.17, 15) is 0 Å². The fourth-order valence-electron chi connectivity index (χ4n) is 3.54. The summed E-state index contributed by atoms with van der Waals surface area (Å²) in [6.45, 7) is 4.73. The minimum atomic E-state index is 0.105. The van der Waals surface area contributed by atoms with E-state index in [4.69, 9.17) is 9.72 Å². The number of rotatable bonds is 2. The van der Waals surface area contributed by atoms with Gasteiger partial charge in [0.2, 0.25) is 0 Å². The predicted octanol–water partition coefficient (Wildman–Crippen LogP) is 3.53. The normalized spacial score (nSPS) is 31.6. The molecule has 22 heavy (non-hydrogen) atoms. The molecule has 1 aromatic rings. The molecule has 4 heterocycles. The van der Waals surface area contributed by atoms with Crippen molar-refractivity contribution in [3.63, 3.8) is 0 Å². The molecule has 0 radical (unpaired) electrons. The highest BCUT2D eigenvalue weighted by atomic mass is 79.9. The Balaban J connectivity index is 1.63. The van der Waals surface area contributed by atoms with E-state index in [1.165, 1.54) is 12.8 Å². The van der Waals surface area contributed by atoms with Crippen molar-refractivity contribution in [1.29, 1.82) is 0 Å². The summed E-state index contributed by atoms with van der Waals surface area (Å²) in [6.07, 6.45) is 2.39. The van der Waals surface area contributed by atoms with E-state index in [1.807, 2.05) is 0 Å². The molecular formula is C14H18Br2N4OS. The molecule has 2 fully saturated rings. The van der Waals surface area contributed by atoms with E-state index < -0.39 is 0 Å². The summed E-state index contributed by atoms with van der Waals surface area (Å²) >= 11 is 8.97. The van der Waals surface area contributed by atoms with E-state index >= 15 is 0 Å². The summed E-state index contributed by atoms with van der Waals surface area (Å²) in [4.78, 5) is 11.7. The van der Waals surface area contributed by atoms with Gasteiger partial charge in [-0.2, -0.15) is 0 Å². The molecule has 4 rings (SSSR count). The Kier molecular flexibility index (Phi) is 3.71. The maximum Gasteiger partial charge on any atom is 0.188 e. The van der Waals surface area contributed by atoms with Gasteiger partial charge in [-0.3, -0.25) is 4.90 Å². The quantitative estimate of drug-likeness (QED) is 0.644. The first-order valence-electron chi connectivity index (χ1n) is 7.36. The van der Waals surface area contributed by atoms with Crippen molar-refractivity contribution in [3.8, 4) is 0 Å². The third kappa shape index (κ3) is 2.22. The highest BCUT2D eigenvalue weighted by Crippen LogP contribution is 2.44. The molecule has 0 aromatic carbocycles. The molecule has 120 valence electrons. The Bertz CT molecular complexity index is 632. The van der Waals surface area contributed by atoms with Gasteiger partial charge in [0.05, 0.1) is 31.5 Å². The van der Waals surface area contributed by atoms with Crippen LogP contribution >= 0.6 is 43.2 Å². The van der Waals surface area contributed by atoms with Crippen LogP contribution < -0.4 is 9.80 Å². The van der Waals surface area contributed by atoms with Crippen LogP contribution in [0.3, 0.4) is 0 Å². The monoisotopic (exact) mass is 448 g/mol. The average Bonchev–Trinajstić information content (AvgIpc) is 3.10. The van der Waals surface area contributed by atoms with Crippen molar-refractivity contribution >= 4 is 54.1 Å². The largest absolute Gasteiger partial charge is 0.377 e. The topological polar surface area (TPSA) is 31.8 Å². The minimum absolute atomic E-state index is 0.105. The Labute approximate surface area is 151 Å². The van der Waals surface area contributed by atoms with Gasteiger partial charge in [0.15, 0.2) is 5.13 Å². The number of anilines is 2. The molecule has 2 bridgehead atoms. The average molecular weight is 450 g/mol. The summed E-state index contributed by atoms with van der Waals surface area (Å²) < 4.78 is 7.85. The number of halogens is 2. The Hall–Kier alpha value is -0.310. The molecule has 3 aliphatic rings. The molecule has 0 amide bonds. The van der Waals surface area contributed by atoms with Crippen LogP contribution in [0.5, 0.6) is 0 Å². The van der Waals surface area contributed by atoms with E-state index in [-0.39, 0.29) is 5.54 Å². The first kappa shape index (κ1) is 15.2. The lowest BCUT2D eigenvalue weighted by atomic mass is 10.0. The van der Waals surface area contributed by atoms with Gasteiger partial charge in [-0.1, -0.05) is 0 Å². The summed E-state index contributed by atoms with van der Waals surface area (Å²) in [5, 5.41) is 3.27. The highest BCUT2D eigenvalue weighted by molar-refractivity contribution is 9.14. The molecule has 2 atom stereocenters. The SMILES string of the molecule is CN1CN(c2csc(N3[C@@H]4CC[C@@]3(C)COC4)n2)C(Br)=C1Br. The number of hydrogen-bond donors (Lipinski definition) is 0. The lowest BCUT2D eigenvalue weighted by molar-refractivity contribution is 0.0595. The lowest BCUT2D eigenvalue weighted by Gasteiger charge is -2.42. The zero-order valence-electron chi connectivity index (χ0n) is 12.6. The molecule has 1 aromatic heterocycles. The molecule has 2 saturated heterocycles. The maximum atomic E-state index is 5.76. The second kappa shape index (κ2) is 5.36. The van der Waals surface area contributed by atoms with Gasteiger partial charge in [-0.05, 0) is 51.6 Å². The first-order valence-corrected chi connectivity index (χ1v) is 9.83. The van der Waals surface area contributed by atoms with Gasteiger partial charge in [0, 0.05) is 12.4 Å². The maximum absolute atomic E-state index is 5.76. The van der Waals surface area contributed by atoms with Crippen molar-refractivity contribution in [2.24, 2.45) is 0 Å². The van der Waals surface area contributed by atoms with Crippen molar-refractivity contribution in [2.75, 3.05) is 36.7 Å². The van der Waals surface area contributed by atoms with Crippen LogP contribution in [0.2, 0.25) is 0 Å². The third-order valence-corrected chi connectivity index (χ3v) is 7.89. The van der Waals surface area contributed by atoms with Crippen molar-refractivity contribution in [1.82, 2.24) is 9.88 Å². The number of morpholine rings is 1. The van der Waals surface area contributed by atoms with Crippen molar-refractivity contribution < 1.29 is 4.74 Å². The second-order valence-corrected chi connectivity index (χ2v) is 8.75. The zero-order chi connectivity index (χ0) is 15.5. The molecule has 5 nitrogen and oxygen atoms in total. The summed E-state index contributed by atoms with van der Waals surface area (Å²) in [6, 6.07) is 0.477. The molecule has 0 saturated carbocycles. The molecule has 0 aliphatic carbocycles. The van der Waals surface area contributed by atoms with E-state index in [2.05, 4.69) is 65.9 Å². The van der Waals surface area contributed by atoms with Gasteiger partial charge in [-0.15, -0.1) is 11.3 Å². The summed E-state index contributed by atoms with van der Waals surface area (Å²) in [5.74, 6) is 1.00. The standard InChI is InChI=1S/C14H18Br2N4OS/c1-14-4-3-9(5-21-7-14)20(14)13-17-10(6-22-13)19-8-18(2)11(15)12(19)16/h6,9H,3-5,7-8H2,1-2H3/t9-,14+/m1/s1. The van der Waals surface area contributed by atoms with Gasteiger partial charge < -0.3 is 14.5 Å². The van der Waals surface area contributed by atoms with Crippen LogP contribution in [0.15, 0.2) is 14.6 Å². The van der Waals surface area contributed by atoms with Gasteiger partial charge in [0.25, 0.3) is 0 Å². The Morgan fingerprint density at radius 1 is 1.41 bits per heavy atom. The van der Waals surface area contributed by atoms with Gasteiger partial charge in [-0.25, -0.2) is 4.98 Å². The predicted molar refractivity (Wildman–Crippen MR) is 96.8 cm³/mol. The molecular weight excluding hydrogens is 432 g/mol. The lowest BCUT2D eigenvalue weighted by Crippen LogP contribution is -2.54. The summed E-state index contributed by atoms with van der Waals surface area (Å²) in [5.41, 5.74) is 0.105. The fraction of sp³-hybridized carbons (Fsp3) is 0.643. The first-order chi connectivity index (χ1) is 10.5. The number of aromatic nitrogens is 1. The van der Waals surface area contributed by atoms with Crippen LogP contribution in [-0.4, -0.2) is 48.4 Å². The third-order valence-electron chi connectivity index (χ3n) is 4.74. The molecule has 3 aliphatic heterocycles. The molecule has 0 spiro atoms. The minimum Gasteiger partial charge on any atom is -0.377 e. The fourth-order valence-corrected chi connectivity index (χ4v) is 5.48. The highest BCUT2D eigenvalue weighted by Gasteiger charge is 2.47. The van der Waals surface area contributed by atoms with Crippen LogP contribution in [0.25, 0.3) is 0 Å². The molecule has 0 unspecified atom stereocenters. The molecule has 0 N–H and O–H groups in total. The second-order valence-electron chi connectivity index (χ2n) is 6.41. The van der Waals surface area contributed by atoms with Gasteiger partial charge >= 0.3 is 0 Å². The van der Waals surface area contributed by atoms with Crippen LogP contribution in [0, 0.1) is 0 Å². The van der Waals surface area contributed by atoms with Crippen molar-refractivity contribution in [2.45, 2.75) is 31.3 Å². The Morgan fingerprint density at radius 3 is 2.91 bits per heavy atom. The van der Waals surface area contributed by atoms with Crippen molar-refractivity contribution in [3.05, 3.63) is 14.6 Å². The van der Waals surface area contributed by atoms with E-state index in [0.717, 1.165) is 40.0 Å². The van der Waals surface area contributed by atoms with E-state index in [0.29, 0.717) is 6.04 Å². The number of fused-ring (bicyclic) bond motifs is 2. The van der Waals surface area contributed by atoms with Crippen LogP contribution in [0.4, 0.5) is 10.9 Å². The van der Waals surface area contributed by atoms with Gasteiger partial charge in [0.1, 0.15) is 15.0 Å². The number of hydrogen-bond acceptors (Lipinski definition) is 6. The Morgan fingerprint density at radius 2 is 2.23 bits per heavy atom. The zero-order valence-corrected chi connectivity index (χ0v) is 16.5. The number of thiazole rings is 1. The summed E-state index contributed by atoms with van der Waals surface area (Å²) in [7, 11) is 2.06. The number of nitrogens with zero attached hydrogens (tertiary/aromatic N) is 4. The van der Waals surface area contributed by atoms with E-state index in [1.54, 1.807) is 11.3 Å².